The van der Waals surface area contributed by atoms with Gasteiger partial charge < -0.3 is 15.3 Å². The SMILES string of the molecule is CCCC[C@H](NC(=O)N(C)CC(F)(F)F)C(=O)O. The fourth-order valence-corrected chi connectivity index (χ4v) is 1.27. The molecule has 0 aliphatic carbocycles. The molecule has 0 bridgehead atoms. The molecule has 1 atom stereocenters. The van der Waals surface area contributed by atoms with Gasteiger partial charge in [0.25, 0.3) is 0 Å². The molecule has 18 heavy (non-hydrogen) atoms. The van der Waals surface area contributed by atoms with Crippen molar-refractivity contribution >= 4 is 12.0 Å². The van der Waals surface area contributed by atoms with Crippen LogP contribution in [0.1, 0.15) is 26.2 Å². The van der Waals surface area contributed by atoms with Crippen LogP contribution in [-0.2, 0) is 4.79 Å². The minimum atomic E-state index is -4.51. The molecule has 5 nitrogen and oxygen atoms in total. The summed E-state index contributed by atoms with van der Waals surface area (Å²) in [4.78, 5) is 22.5. The number of amides is 2. The summed E-state index contributed by atoms with van der Waals surface area (Å²) in [7, 11) is 0.960. The van der Waals surface area contributed by atoms with Gasteiger partial charge in [0.15, 0.2) is 0 Å². The standard InChI is InChI=1S/C10H17F3N2O3/c1-3-4-5-7(8(16)17)14-9(18)15(2)6-10(11,12)13/h7H,3-6H2,1-2H3,(H,14,18)(H,16,17)/t7-/m0/s1. The van der Waals surface area contributed by atoms with Crippen molar-refractivity contribution in [3.05, 3.63) is 0 Å². The molecule has 2 amide bonds. The van der Waals surface area contributed by atoms with Crippen LogP contribution >= 0.6 is 0 Å². The van der Waals surface area contributed by atoms with Crippen molar-refractivity contribution in [3.8, 4) is 0 Å². The van der Waals surface area contributed by atoms with Crippen molar-refractivity contribution in [1.82, 2.24) is 10.2 Å². The van der Waals surface area contributed by atoms with E-state index in [1.54, 1.807) is 0 Å². The van der Waals surface area contributed by atoms with Gasteiger partial charge in [0, 0.05) is 7.05 Å². The second-order valence-corrected chi connectivity index (χ2v) is 3.95. The van der Waals surface area contributed by atoms with Crippen molar-refractivity contribution in [2.24, 2.45) is 0 Å². The molecule has 0 aliphatic rings. The molecule has 0 unspecified atom stereocenters. The van der Waals surface area contributed by atoms with Gasteiger partial charge in [0.2, 0.25) is 0 Å². The maximum atomic E-state index is 12.0. The summed E-state index contributed by atoms with van der Waals surface area (Å²) >= 11 is 0. The average Bonchev–Trinajstić information content (AvgIpc) is 2.20. The lowest BCUT2D eigenvalue weighted by Crippen LogP contribution is -2.48. The summed E-state index contributed by atoms with van der Waals surface area (Å²) in [6.07, 6.45) is -3.01. The molecular weight excluding hydrogens is 253 g/mol. The van der Waals surface area contributed by atoms with Gasteiger partial charge >= 0.3 is 18.2 Å². The van der Waals surface area contributed by atoms with Crippen LogP contribution in [0.15, 0.2) is 0 Å². The molecular formula is C10H17F3N2O3. The smallest absolute Gasteiger partial charge is 0.406 e. The second kappa shape index (κ2) is 7.07. The maximum Gasteiger partial charge on any atom is 0.406 e. The highest BCUT2D eigenvalue weighted by atomic mass is 19.4. The van der Waals surface area contributed by atoms with Crippen LogP contribution in [-0.4, -0.2) is 47.8 Å². The molecule has 0 radical (unpaired) electrons. The third kappa shape index (κ3) is 6.97. The van der Waals surface area contributed by atoms with E-state index in [1.165, 1.54) is 0 Å². The summed E-state index contributed by atoms with van der Waals surface area (Å²) < 4.78 is 36.1. The van der Waals surface area contributed by atoms with Crippen molar-refractivity contribution in [2.45, 2.75) is 38.4 Å². The quantitative estimate of drug-likeness (QED) is 0.773. The van der Waals surface area contributed by atoms with Gasteiger partial charge in [-0.05, 0) is 6.42 Å². The molecule has 0 aromatic carbocycles. The number of nitrogens with zero attached hydrogens (tertiary/aromatic N) is 1. The summed E-state index contributed by atoms with van der Waals surface area (Å²) in [5, 5.41) is 10.9. The predicted molar refractivity (Wildman–Crippen MR) is 58.2 cm³/mol. The molecule has 0 spiro atoms. The number of carboxylic acid groups (broad SMARTS) is 1. The van der Waals surface area contributed by atoms with Crippen molar-refractivity contribution in [2.75, 3.05) is 13.6 Å². The molecule has 106 valence electrons. The predicted octanol–water partition coefficient (Wildman–Crippen LogP) is 1.83. The van der Waals surface area contributed by atoms with Crippen LogP contribution in [0, 0.1) is 0 Å². The average molecular weight is 270 g/mol. The zero-order chi connectivity index (χ0) is 14.3. The minimum absolute atomic E-state index is 0.192. The molecule has 0 heterocycles. The number of carbonyl (C=O) groups excluding carboxylic acids is 1. The highest BCUT2D eigenvalue weighted by molar-refractivity contribution is 5.82. The van der Waals surface area contributed by atoms with E-state index in [4.69, 9.17) is 5.11 Å². The van der Waals surface area contributed by atoms with E-state index in [9.17, 15) is 22.8 Å². The van der Waals surface area contributed by atoms with E-state index >= 15 is 0 Å². The van der Waals surface area contributed by atoms with Gasteiger partial charge in [-0.3, -0.25) is 0 Å². The number of carbonyl (C=O) groups is 2. The van der Waals surface area contributed by atoms with E-state index < -0.39 is 30.8 Å². The molecule has 0 rings (SSSR count). The maximum absolute atomic E-state index is 12.0. The number of hydrogen-bond donors (Lipinski definition) is 2. The Bertz CT molecular complexity index is 295. The Morgan fingerprint density at radius 1 is 1.39 bits per heavy atom. The number of carboxylic acids is 1. The van der Waals surface area contributed by atoms with E-state index in [0.717, 1.165) is 13.5 Å². The van der Waals surface area contributed by atoms with Gasteiger partial charge in [0.05, 0.1) is 0 Å². The first-order valence-corrected chi connectivity index (χ1v) is 5.48. The van der Waals surface area contributed by atoms with Gasteiger partial charge in [-0.25, -0.2) is 9.59 Å². The molecule has 8 heteroatoms. The molecule has 0 saturated heterocycles. The second-order valence-electron chi connectivity index (χ2n) is 3.95. The Labute approximate surface area is 103 Å². The summed E-state index contributed by atoms with van der Waals surface area (Å²) in [5.41, 5.74) is 0. The van der Waals surface area contributed by atoms with E-state index in [1.807, 2.05) is 6.92 Å². The molecule has 0 aromatic heterocycles. The van der Waals surface area contributed by atoms with Gasteiger partial charge in [-0.1, -0.05) is 19.8 Å². The lowest BCUT2D eigenvalue weighted by molar-refractivity contribution is -0.140. The Kier molecular flexibility index (Phi) is 6.50. The van der Waals surface area contributed by atoms with Crippen LogP contribution < -0.4 is 5.32 Å². The topological polar surface area (TPSA) is 69.6 Å². The molecule has 2 N–H and O–H groups in total. The molecule has 0 aromatic rings. The van der Waals surface area contributed by atoms with E-state index in [2.05, 4.69) is 5.32 Å². The lowest BCUT2D eigenvalue weighted by atomic mass is 10.1. The highest BCUT2D eigenvalue weighted by Gasteiger charge is 2.32. The number of alkyl halides is 3. The number of halogens is 3. The normalized spacial score (nSPS) is 12.9. The van der Waals surface area contributed by atoms with Gasteiger partial charge in [0.1, 0.15) is 12.6 Å². The van der Waals surface area contributed by atoms with E-state index in [0.29, 0.717) is 11.3 Å². The first-order chi connectivity index (χ1) is 8.17. The van der Waals surface area contributed by atoms with Crippen LogP contribution in [0.5, 0.6) is 0 Å². The Morgan fingerprint density at radius 3 is 2.33 bits per heavy atom. The first kappa shape index (κ1) is 16.5. The Hall–Kier alpha value is -1.47. The number of aliphatic carboxylic acids is 1. The fraction of sp³-hybridized carbons (Fsp3) is 0.800. The van der Waals surface area contributed by atoms with E-state index in [-0.39, 0.29) is 6.42 Å². The van der Waals surface area contributed by atoms with Gasteiger partial charge in [-0.15, -0.1) is 0 Å². The van der Waals surface area contributed by atoms with Gasteiger partial charge in [-0.2, -0.15) is 13.2 Å². The lowest BCUT2D eigenvalue weighted by Gasteiger charge is -2.22. The van der Waals surface area contributed by atoms with Crippen molar-refractivity contribution < 1.29 is 27.9 Å². The molecule has 0 fully saturated rings. The number of hydrogen-bond acceptors (Lipinski definition) is 2. The summed E-state index contributed by atoms with van der Waals surface area (Å²) in [6, 6.07) is -2.20. The number of rotatable bonds is 6. The minimum Gasteiger partial charge on any atom is -0.480 e. The van der Waals surface area contributed by atoms with Crippen LogP contribution in [0.2, 0.25) is 0 Å². The van der Waals surface area contributed by atoms with Crippen molar-refractivity contribution in [1.29, 1.82) is 0 Å². The molecule has 0 aliphatic heterocycles. The number of nitrogens with one attached hydrogen (secondary N) is 1. The van der Waals surface area contributed by atoms with Crippen LogP contribution in [0.25, 0.3) is 0 Å². The summed E-state index contributed by atoms with van der Waals surface area (Å²) in [5.74, 6) is -1.25. The van der Waals surface area contributed by atoms with Crippen LogP contribution in [0.3, 0.4) is 0 Å². The number of unbranched alkanes of at least 4 members (excludes halogenated alkanes) is 1. The third-order valence-corrected chi connectivity index (χ3v) is 2.21. The Balaban J connectivity index is 4.36. The Morgan fingerprint density at radius 2 is 1.94 bits per heavy atom. The van der Waals surface area contributed by atoms with Crippen molar-refractivity contribution in [3.63, 3.8) is 0 Å². The zero-order valence-corrected chi connectivity index (χ0v) is 10.3. The zero-order valence-electron chi connectivity index (χ0n) is 10.3. The molecule has 0 saturated carbocycles. The highest BCUT2D eigenvalue weighted by Crippen LogP contribution is 2.15. The monoisotopic (exact) mass is 270 g/mol. The third-order valence-electron chi connectivity index (χ3n) is 2.21. The summed E-state index contributed by atoms with van der Waals surface area (Å²) in [6.45, 7) is 0.426. The first-order valence-electron chi connectivity index (χ1n) is 5.48. The largest absolute Gasteiger partial charge is 0.480 e. The number of urea groups is 1. The van der Waals surface area contributed by atoms with Crippen LogP contribution in [0.4, 0.5) is 18.0 Å². The fourth-order valence-electron chi connectivity index (χ4n) is 1.27.